The van der Waals surface area contributed by atoms with E-state index in [0.29, 0.717) is 11.3 Å². The highest BCUT2D eigenvalue weighted by molar-refractivity contribution is 5.78. The van der Waals surface area contributed by atoms with Crippen molar-refractivity contribution < 1.29 is 14.3 Å². The monoisotopic (exact) mass is 438 g/mol. The second kappa shape index (κ2) is 9.07. The topological polar surface area (TPSA) is 58.6 Å². The van der Waals surface area contributed by atoms with Gasteiger partial charge in [0.15, 0.2) is 6.61 Å². The van der Waals surface area contributed by atoms with Crippen LogP contribution in [0.15, 0.2) is 24.3 Å². The summed E-state index contributed by atoms with van der Waals surface area (Å²) < 4.78 is 5.75. The minimum absolute atomic E-state index is 0.0438. The molecular weight excluding hydrogens is 400 g/mol. The first-order chi connectivity index (χ1) is 15.5. The number of nitrogens with zero attached hydrogens (tertiary/aromatic N) is 1. The number of amides is 2. The lowest BCUT2D eigenvalue weighted by atomic mass is 9.49. The Kier molecular flexibility index (Phi) is 6.18. The van der Waals surface area contributed by atoms with Crippen LogP contribution in [0.3, 0.4) is 0 Å². The van der Waals surface area contributed by atoms with Crippen LogP contribution in [0.2, 0.25) is 0 Å². The van der Waals surface area contributed by atoms with E-state index >= 15 is 0 Å². The first kappa shape index (κ1) is 21.8. The van der Waals surface area contributed by atoms with Gasteiger partial charge in [0.25, 0.3) is 5.91 Å². The average molecular weight is 439 g/mol. The maximum Gasteiger partial charge on any atom is 0.258 e. The fourth-order valence-corrected chi connectivity index (χ4v) is 7.56. The molecule has 1 heterocycles. The van der Waals surface area contributed by atoms with Crippen LogP contribution in [0.4, 0.5) is 0 Å². The Bertz CT molecular complexity index is 808. The number of aryl methyl sites for hydroxylation is 1. The molecule has 5 aliphatic rings. The number of hydrogen-bond donors (Lipinski definition) is 1. The molecule has 4 saturated carbocycles. The molecule has 1 aliphatic heterocycles. The van der Waals surface area contributed by atoms with Crippen molar-refractivity contribution >= 4 is 11.8 Å². The normalized spacial score (nSPS) is 31.5. The number of hydrogen-bond acceptors (Lipinski definition) is 3. The van der Waals surface area contributed by atoms with Gasteiger partial charge in [-0.05, 0) is 92.6 Å². The van der Waals surface area contributed by atoms with Crippen LogP contribution in [0.5, 0.6) is 5.75 Å². The summed E-state index contributed by atoms with van der Waals surface area (Å²) in [7, 11) is 0. The third-order valence-electron chi connectivity index (χ3n) is 8.62. The van der Waals surface area contributed by atoms with Gasteiger partial charge < -0.3 is 15.0 Å². The molecule has 4 bridgehead atoms. The Morgan fingerprint density at radius 1 is 1.03 bits per heavy atom. The second-order valence-corrected chi connectivity index (χ2v) is 11.1. The Labute approximate surface area is 192 Å². The van der Waals surface area contributed by atoms with E-state index in [2.05, 4.69) is 17.1 Å². The van der Waals surface area contributed by atoms with Gasteiger partial charge in [-0.15, -0.1) is 0 Å². The largest absolute Gasteiger partial charge is 0.483 e. The minimum Gasteiger partial charge on any atom is -0.483 e. The smallest absolute Gasteiger partial charge is 0.258 e. The van der Waals surface area contributed by atoms with Crippen molar-refractivity contribution in [3.05, 3.63) is 29.8 Å². The van der Waals surface area contributed by atoms with Gasteiger partial charge in [0, 0.05) is 25.6 Å². The van der Waals surface area contributed by atoms with Crippen molar-refractivity contribution in [3.63, 3.8) is 0 Å². The summed E-state index contributed by atoms with van der Waals surface area (Å²) in [4.78, 5) is 27.6. The SMILES string of the molecule is CCc1ccccc1OCC(=O)NC1CCN(C(=O)CC23CC4CC(CC(C4)C2)C3)CC1. The summed E-state index contributed by atoms with van der Waals surface area (Å²) in [6.45, 7) is 3.65. The predicted octanol–water partition coefficient (Wildman–Crippen LogP) is 4.34. The zero-order chi connectivity index (χ0) is 22.1. The first-order valence-corrected chi connectivity index (χ1v) is 12.8. The van der Waals surface area contributed by atoms with Gasteiger partial charge in [-0.2, -0.15) is 0 Å². The van der Waals surface area contributed by atoms with Gasteiger partial charge in [0.1, 0.15) is 5.75 Å². The van der Waals surface area contributed by atoms with Crippen molar-refractivity contribution in [3.8, 4) is 5.75 Å². The molecular formula is C27H38N2O3. The van der Waals surface area contributed by atoms with Crippen molar-refractivity contribution in [2.24, 2.45) is 23.2 Å². The lowest BCUT2D eigenvalue weighted by molar-refractivity contribution is -0.140. The predicted molar refractivity (Wildman–Crippen MR) is 124 cm³/mol. The molecule has 1 aromatic carbocycles. The number of carbonyl (C=O) groups excluding carboxylic acids is 2. The summed E-state index contributed by atoms with van der Waals surface area (Å²) in [6, 6.07) is 8.01. The minimum atomic E-state index is -0.0748. The van der Waals surface area contributed by atoms with Gasteiger partial charge in [-0.3, -0.25) is 9.59 Å². The highest BCUT2D eigenvalue weighted by atomic mass is 16.5. The van der Waals surface area contributed by atoms with Crippen LogP contribution < -0.4 is 10.1 Å². The number of carbonyl (C=O) groups is 2. The molecule has 1 saturated heterocycles. The Morgan fingerprint density at radius 2 is 1.66 bits per heavy atom. The van der Waals surface area contributed by atoms with Crippen LogP contribution in [-0.2, 0) is 16.0 Å². The molecule has 6 rings (SSSR count). The van der Waals surface area contributed by atoms with Gasteiger partial charge in [0.05, 0.1) is 0 Å². The van der Waals surface area contributed by atoms with Crippen LogP contribution in [0.25, 0.3) is 0 Å². The maximum atomic E-state index is 13.1. The van der Waals surface area contributed by atoms with E-state index in [0.717, 1.165) is 67.8 Å². The van der Waals surface area contributed by atoms with Crippen LogP contribution in [0.1, 0.15) is 70.3 Å². The van der Waals surface area contributed by atoms with Crippen molar-refractivity contribution in [2.75, 3.05) is 19.7 Å². The number of piperidine rings is 1. The molecule has 0 aromatic heterocycles. The van der Waals surface area contributed by atoms with Gasteiger partial charge in [0.2, 0.25) is 5.91 Å². The molecule has 0 unspecified atom stereocenters. The van der Waals surface area contributed by atoms with Gasteiger partial charge in [-0.1, -0.05) is 25.1 Å². The zero-order valence-electron chi connectivity index (χ0n) is 19.5. The Hall–Kier alpha value is -2.04. The van der Waals surface area contributed by atoms with E-state index in [-0.39, 0.29) is 18.6 Å². The van der Waals surface area contributed by atoms with Crippen molar-refractivity contribution in [1.29, 1.82) is 0 Å². The summed E-state index contributed by atoms with van der Waals surface area (Å²) >= 11 is 0. The highest BCUT2D eigenvalue weighted by Gasteiger charge is 2.51. The number of likely N-dealkylation sites (tertiary alicyclic amines) is 1. The Balaban J connectivity index is 1.06. The maximum absolute atomic E-state index is 13.1. The van der Waals surface area contributed by atoms with E-state index in [9.17, 15) is 9.59 Å². The lowest BCUT2D eigenvalue weighted by Crippen LogP contribution is -2.51. The summed E-state index contributed by atoms with van der Waals surface area (Å²) in [6.07, 6.45) is 11.5. The average Bonchev–Trinajstić information content (AvgIpc) is 2.77. The molecule has 32 heavy (non-hydrogen) atoms. The molecule has 5 fully saturated rings. The quantitative estimate of drug-likeness (QED) is 0.689. The highest BCUT2D eigenvalue weighted by Crippen LogP contribution is 2.61. The van der Waals surface area contributed by atoms with E-state index in [1.807, 2.05) is 24.3 Å². The molecule has 0 radical (unpaired) electrons. The molecule has 0 atom stereocenters. The van der Waals surface area contributed by atoms with E-state index < -0.39 is 0 Å². The molecule has 5 nitrogen and oxygen atoms in total. The molecule has 1 N–H and O–H groups in total. The lowest BCUT2D eigenvalue weighted by Gasteiger charge is -2.57. The molecule has 174 valence electrons. The third-order valence-corrected chi connectivity index (χ3v) is 8.62. The molecule has 4 aliphatic carbocycles. The fourth-order valence-electron chi connectivity index (χ4n) is 7.56. The standard InChI is InChI=1S/C27H38N2O3/c1-2-22-5-3-4-6-24(22)32-18-25(30)28-23-7-9-29(10-8-23)26(31)17-27-14-19-11-20(15-27)13-21(12-19)16-27/h3-6,19-21,23H,2,7-18H2,1H3,(H,28,30). The first-order valence-electron chi connectivity index (χ1n) is 12.8. The fraction of sp³-hybridized carbons (Fsp3) is 0.704. The molecule has 0 spiro atoms. The van der Waals surface area contributed by atoms with Crippen molar-refractivity contribution in [1.82, 2.24) is 10.2 Å². The summed E-state index contributed by atoms with van der Waals surface area (Å²) in [5, 5.41) is 3.11. The van der Waals surface area contributed by atoms with E-state index in [4.69, 9.17) is 4.74 Å². The number of para-hydroxylation sites is 1. The van der Waals surface area contributed by atoms with Crippen LogP contribution in [-0.4, -0.2) is 42.5 Å². The summed E-state index contributed by atoms with van der Waals surface area (Å²) in [5.74, 6) is 3.74. The van der Waals surface area contributed by atoms with Crippen LogP contribution in [0, 0.1) is 23.2 Å². The number of ether oxygens (including phenoxy) is 1. The number of nitrogens with one attached hydrogen (secondary N) is 1. The van der Waals surface area contributed by atoms with Gasteiger partial charge >= 0.3 is 0 Å². The van der Waals surface area contributed by atoms with E-state index in [1.54, 1.807) is 0 Å². The number of rotatable bonds is 7. The summed E-state index contributed by atoms with van der Waals surface area (Å²) in [5.41, 5.74) is 1.43. The third kappa shape index (κ3) is 4.67. The Morgan fingerprint density at radius 3 is 2.28 bits per heavy atom. The molecule has 5 heteroatoms. The van der Waals surface area contributed by atoms with Crippen LogP contribution >= 0.6 is 0 Å². The number of benzene rings is 1. The zero-order valence-corrected chi connectivity index (χ0v) is 19.5. The molecule has 2 amide bonds. The van der Waals surface area contributed by atoms with Gasteiger partial charge in [-0.25, -0.2) is 0 Å². The second-order valence-electron chi connectivity index (χ2n) is 11.1. The van der Waals surface area contributed by atoms with E-state index in [1.165, 1.54) is 38.5 Å². The van der Waals surface area contributed by atoms with Crippen molar-refractivity contribution in [2.45, 2.75) is 77.2 Å². The molecule has 1 aromatic rings.